The lowest BCUT2D eigenvalue weighted by atomic mass is 10.2. The minimum Gasteiger partial charge on any atom is -0.444 e. The Morgan fingerprint density at radius 1 is 1.16 bits per heavy atom. The molecule has 2 aromatic rings. The Morgan fingerprint density at radius 2 is 1.87 bits per heavy atom. The number of rotatable bonds is 7. The molecule has 31 heavy (non-hydrogen) atoms. The Kier molecular flexibility index (Phi) is 7.56. The number of nitrogens with zero attached hydrogens (tertiary/aromatic N) is 5. The first kappa shape index (κ1) is 22.7. The number of amides is 2. The van der Waals surface area contributed by atoms with Gasteiger partial charge in [-0.1, -0.05) is 5.16 Å². The van der Waals surface area contributed by atoms with Gasteiger partial charge in [0.15, 0.2) is 0 Å². The SMILES string of the molecule is CC(C)(C)OC(=O)N1CCN(CCNC(=O)CCc2nc(-c3ccncc3)no2)CC1. The van der Waals surface area contributed by atoms with E-state index in [-0.39, 0.29) is 18.4 Å². The molecular weight excluding hydrogens is 400 g/mol. The average molecular weight is 431 g/mol. The first-order valence-corrected chi connectivity index (χ1v) is 10.5. The molecule has 1 aliphatic rings. The topological polar surface area (TPSA) is 114 Å². The minimum absolute atomic E-state index is 0.0592. The van der Waals surface area contributed by atoms with Gasteiger partial charge in [-0.2, -0.15) is 4.98 Å². The second kappa shape index (κ2) is 10.3. The summed E-state index contributed by atoms with van der Waals surface area (Å²) in [6.45, 7) is 9.65. The lowest BCUT2D eigenvalue weighted by molar-refractivity contribution is -0.121. The summed E-state index contributed by atoms with van der Waals surface area (Å²) in [6.07, 6.45) is 3.73. The van der Waals surface area contributed by atoms with E-state index in [1.165, 1.54) is 0 Å². The van der Waals surface area contributed by atoms with Crippen molar-refractivity contribution in [3.8, 4) is 11.4 Å². The number of pyridine rings is 1. The second-order valence-corrected chi connectivity index (χ2v) is 8.41. The van der Waals surface area contributed by atoms with Crippen molar-refractivity contribution in [1.82, 2.24) is 30.2 Å². The monoisotopic (exact) mass is 430 g/mol. The fourth-order valence-electron chi connectivity index (χ4n) is 3.12. The van der Waals surface area contributed by atoms with Crippen molar-refractivity contribution >= 4 is 12.0 Å². The van der Waals surface area contributed by atoms with Crippen LogP contribution in [0.15, 0.2) is 29.0 Å². The van der Waals surface area contributed by atoms with Crippen molar-refractivity contribution in [3.63, 3.8) is 0 Å². The zero-order chi connectivity index (χ0) is 22.3. The molecule has 0 saturated carbocycles. The molecule has 10 nitrogen and oxygen atoms in total. The number of aromatic nitrogens is 3. The summed E-state index contributed by atoms with van der Waals surface area (Å²) >= 11 is 0. The summed E-state index contributed by atoms with van der Waals surface area (Å²) in [6, 6.07) is 3.60. The van der Waals surface area contributed by atoms with Gasteiger partial charge in [-0.15, -0.1) is 0 Å². The highest BCUT2D eigenvalue weighted by atomic mass is 16.6. The van der Waals surface area contributed by atoms with Crippen LogP contribution in [0.5, 0.6) is 0 Å². The van der Waals surface area contributed by atoms with Crippen molar-refractivity contribution < 1.29 is 18.8 Å². The molecule has 1 aliphatic heterocycles. The predicted octanol–water partition coefficient (Wildman–Crippen LogP) is 1.73. The Bertz CT molecular complexity index is 856. The Hall–Kier alpha value is -3.01. The molecule has 1 fully saturated rings. The Balaban J connectivity index is 1.31. The number of hydrogen-bond donors (Lipinski definition) is 1. The molecular formula is C21H30N6O4. The number of aryl methyl sites for hydroxylation is 1. The molecule has 0 bridgehead atoms. The molecule has 0 aromatic carbocycles. The van der Waals surface area contributed by atoms with Gasteiger partial charge in [-0.05, 0) is 32.9 Å². The van der Waals surface area contributed by atoms with Gasteiger partial charge in [0.25, 0.3) is 0 Å². The maximum Gasteiger partial charge on any atom is 0.410 e. The smallest absolute Gasteiger partial charge is 0.410 e. The van der Waals surface area contributed by atoms with Crippen molar-refractivity contribution in [2.45, 2.75) is 39.2 Å². The molecule has 1 saturated heterocycles. The van der Waals surface area contributed by atoms with Crippen LogP contribution >= 0.6 is 0 Å². The Morgan fingerprint density at radius 3 is 2.55 bits per heavy atom. The van der Waals surface area contributed by atoms with E-state index in [0.29, 0.717) is 37.8 Å². The van der Waals surface area contributed by atoms with E-state index in [9.17, 15) is 9.59 Å². The highest BCUT2D eigenvalue weighted by molar-refractivity contribution is 5.76. The first-order valence-electron chi connectivity index (χ1n) is 10.5. The number of carbonyl (C=O) groups is 2. The quantitative estimate of drug-likeness (QED) is 0.707. The van der Waals surface area contributed by atoms with Gasteiger partial charge in [0, 0.05) is 70.1 Å². The minimum atomic E-state index is -0.486. The van der Waals surface area contributed by atoms with E-state index in [2.05, 4.69) is 25.3 Å². The summed E-state index contributed by atoms with van der Waals surface area (Å²) in [4.78, 5) is 36.4. The number of nitrogens with one attached hydrogen (secondary N) is 1. The second-order valence-electron chi connectivity index (χ2n) is 8.41. The van der Waals surface area contributed by atoms with E-state index in [0.717, 1.165) is 25.2 Å². The Labute approximate surface area is 182 Å². The molecule has 1 N–H and O–H groups in total. The molecule has 3 heterocycles. The van der Waals surface area contributed by atoms with Crippen LogP contribution in [0.2, 0.25) is 0 Å². The maximum absolute atomic E-state index is 12.1. The summed E-state index contributed by atoms with van der Waals surface area (Å²) in [5.41, 5.74) is 0.335. The molecule has 2 aromatic heterocycles. The van der Waals surface area contributed by atoms with Crippen LogP contribution < -0.4 is 5.32 Å². The third-order valence-corrected chi connectivity index (χ3v) is 4.75. The third kappa shape index (κ3) is 7.32. The fraction of sp³-hybridized carbons (Fsp3) is 0.571. The lowest BCUT2D eigenvalue weighted by Gasteiger charge is -2.35. The van der Waals surface area contributed by atoms with Gasteiger partial charge in [-0.3, -0.25) is 14.7 Å². The molecule has 10 heteroatoms. The van der Waals surface area contributed by atoms with Crippen molar-refractivity contribution in [2.75, 3.05) is 39.3 Å². The summed E-state index contributed by atoms with van der Waals surface area (Å²) in [7, 11) is 0. The number of hydrogen-bond acceptors (Lipinski definition) is 8. The average Bonchev–Trinajstić information content (AvgIpc) is 3.21. The number of carbonyl (C=O) groups excluding carboxylic acids is 2. The van der Waals surface area contributed by atoms with E-state index in [4.69, 9.17) is 9.26 Å². The molecule has 3 rings (SSSR count). The summed E-state index contributed by atoms with van der Waals surface area (Å²) in [5, 5.41) is 6.86. The van der Waals surface area contributed by atoms with Gasteiger partial charge in [0.05, 0.1) is 0 Å². The molecule has 2 amide bonds. The van der Waals surface area contributed by atoms with E-state index in [1.807, 2.05) is 20.8 Å². The normalized spacial score (nSPS) is 15.0. The van der Waals surface area contributed by atoms with Crippen molar-refractivity contribution in [3.05, 3.63) is 30.4 Å². The van der Waals surface area contributed by atoms with Crippen LogP contribution in [-0.2, 0) is 16.0 Å². The largest absolute Gasteiger partial charge is 0.444 e. The predicted molar refractivity (Wildman–Crippen MR) is 113 cm³/mol. The van der Waals surface area contributed by atoms with Crippen LogP contribution in [0.1, 0.15) is 33.1 Å². The lowest BCUT2D eigenvalue weighted by Crippen LogP contribution is -2.51. The molecule has 0 aliphatic carbocycles. The molecule has 0 spiro atoms. The molecule has 0 unspecified atom stereocenters. The van der Waals surface area contributed by atoms with Crippen molar-refractivity contribution in [2.24, 2.45) is 0 Å². The fourth-order valence-corrected chi connectivity index (χ4v) is 3.12. The third-order valence-electron chi connectivity index (χ3n) is 4.75. The summed E-state index contributed by atoms with van der Waals surface area (Å²) in [5.74, 6) is 0.861. The van der Waals surface area contributed by atoms with E-state index in [1.54, 1.807) is 29.4 Å². The van der Waals surface area contributed by atoms with Crippen LogP contribution in [-0.4, -0.2) is 81.8 Å². The number of piperazine rings is 1. The van der Waals surface area contributed by atoms with Crippen LogP contribution in [0.4, 0.5) is 4.79 Å². The van der Waals surface area contributed by atoms with E-state index >= 15 is 0 Å². The highest BCUT2D eigenvalue weighted by Crippen LogP contribution is 2.15. The summed E-state index contributed by atoms with van der Waals surface area (Å²) < 4.78 is 10.6. The van der Waals surface area contributed by atoms with E-state index < -0.39 is 5.60 Å². The molecule has 0 atom stereocenters. The standard InChI is InChI=1S/C21H30N6O4/c1-21(2,3)30-20(29)27-14-12-26(13-15-27)11-10-23-17(28)4-5-18-24-19(25-31-18)16-6-8-22-9-7-16/h6-9H,4-5,10-15H2,1-3H3,(H,23,28). The van der Waals surface area contributed by atoms with Gasteiger partial charge in [-0.25, -0.2) is 4.79 Å². The van der Waals surface area contributed by atoms with Gasteiger partial charge in [0.1, 0.15) is 5.60 Å². The van der Waals surface area contributed by atoms with Crippen LogP contribution in [0.25, 0.3) is 11.4 Å². The van der Waals surface area contributed by atoms with Gasteiger partial charge < -0.3 is 19.5 Å². The highest BCUT2D eigenvalue weighted by Gasteiger charge is 2.25. The maximum atomic E-state index is 12.1. The number of ether oxygens (including phenoxy) is 1. The first-order chi connectivity index (χ1) is 14.8. The zero-order valence-corrected chi connectivity index (χ0v) is 18.3. The molecule has 168 valence electrons. The van der Waals surface area contributed by atoms with Crippen LogP contribution in [0.3, 0.4) is 0 Å². The van der Waals surface area contributed by atoms with Crippen LogP contribution in [0, 0.1) is 0 Å². The van der Waals surface area contributed by atoms with Gasteiger partial charge in [0.2, 0.25) is 17.6 Å². The van der Waals surface area contributed by atoms with Crippen molar-refractivity contribution in [1.29, 1.82) is 0 Å². The zero-order valence-electron chi connectivity index (χ0n) is 18.3. The van der Waals surface area contributed by atoms with Gasteiger partial charge >= 0.3 is 6.09 Å². The molecule has 0 radical (unpaired) electrons.